The molecule has 0 heterocycles. The summed E-state index contributed by atoms with van der Waals surface area (Å²) in [6, 6.07) is 0. The minimum Gasteiger partial charge on any atom is -0.544 e. The van der Waals surface area contributed by atoms with Gasteiger partial charge in [0.15, 0.2) is 0 Å². The largest absolute Gasteiger partial charge is 3.00 e. The summed E-state index contributed by atoms with van der Waals surface area (Å²) in [5.41, 5.74) is 0. The predicted octanol–water partition coefficient (Wildman–Crippen LogP) is 20.4. The van der Waals surface area contributed by atoms with Crippen LogP contribution in [-0.4, -0.2) is 92.3 Å². The number of unbranched alkanes of at least 4 members (excludes halogenated alkanes) is 45. The van der Waals surface area contributed by atoms with Crippen LogP contribution in [0.1, 0.15) is 428 Å². The summed E-state index contributed by atoms with van der Waals surface area (Å²) in [4.78, 5) is 35.4. The first-order valence-electron chi connectivity index (χ1n) is 39.4. The van der Waals surface area contributed by atoms with Gasteiger partial charge in [0, 0.05) is 19.3 Å². The Kier molecular flexibility index (Phi) is 80.3. The molecule has 0 saturated carbocycles. The number of aliphatic carboxylic acids is 3. The summed E-state index contributed by atoms with van der Waals surface area (Å²) in [6.07, 6.45) is 65.8. The average molecular weight is 1310 g/mol. The zero-order valence-electron chi connectivity index (χ0n) is 62.0. The number of carboxylic acid groups (broad SMARTS) is 3. The summed E-state index contributed by atoms with van der Waals surface area (Å²) in [5.74, 6) is -8.32. The van der Waals surface area contributed by atoms with Crippen molar-refractivity contribution in [2.24, 2.45) is 0 Å². The van der Waals surface area contributed by atoms with Gasteiger partial charge in [0.25, 0.3) is 0 Å². The fourth-order valence-corrected chi connectivity index (χ4v) is 11.2. The second-order valence-corrected chi connectivity index (χ2v) is 26.4. The minimum absolute atomic E-state index is 0. The van der Waals surface area contributed by atoms with Gasteiger partial charge >= 0.3 is 17.4 Å². The second kappa shape index (κ2) is 76.1. The Balaban J connectivity index is -0.000000620. The van der Waals surface area contributed by atoms with E-state index in [1.807, 2.05) is 0 Å². The van der Waals surface area contributed by atoms with E-state index in [1.54, 1.807) is 0 Å². The zero-order valence-corrected chi connectivity index (χ0v) is 63.2. The van der Waals surface area contributed by atoms with E-state index in [9.17, 15) is 29.7 Å². The van der Waals surface area contributed by atoms with Crippen molar-refractivity contribution in [3.8, 4) is 0 Å². The third-order valence-corrected chi connectivity index (χ3v) is 17.5. The maximum Gasteiger partial charge on any atom is 3.00 e. The van der Waals surface area contributed by atoms with E-state index in [-0.39, 0.29) is 17.4 Å². The number of hydrogen-bond acceptors (Lipinski definition) is 12. The van der Waals surface area contributed by atoms with Crippen molar-refractivity contribution in [2.45, 2.75) is 446 Å². The first-order valence-corrected chi connectivity index (χ1v) is 39.4. The minimum atomic E-state index is -1.55. The van der Waals surface area contributed by atoms with Crippen LogP contribution in [0.4, 0.5) is 0 Å². The standard InChI is InChI=1S/3C26H52O4.Al/c3*1-4-7-10-11-12-13-14-15-16-17-18-19-20-21-22-26(25(27)28,29-23-8-5-2)30-24-9-6-3;/h3*4-24H2,1-3H3,(H,27,28);/q;;;+3/p-3. The molecule has 0 bridgehead atoms. The molecule has 0 radical (unpaired) electrons. The molecule has 0 spiro atoms. The van der Waals surface area contributed by atoms with Crippen molar-refractivity contribution in [1.29, 1.82) is 0 Å². The molecule has 0 aromatic carbocycles. The molecule has 0 aliphatic carbocycles. The molecule has 0 aliphatic heterocycles. The van der Waals surface area contributed by atoms with Crippen molar-refractivity contribution < 1.29 is 58.1 Å². The number of ether oxygens (including phenoxy) is 6. The van der Waals surface area contributed by atoms with Gasteiger partial charge in [0.1, 0.15) is 17.9 Å². The van der Waals surface area contributed by atoms with Crippen LogP contribution in [-0.2, 0) is 42.8 Å². The predicted molar refractivity (Wildman–Crippen MR) is 379 cm³/mol. The number of hydrogen-bond donors (Lipinski definition) is 0. The molecular formula is C78H153AlO12. The van der Waals surface area contributed by atoms with Crippen LogP contribution in [0.2, 0.25) is 0 Å². The van der Waals surface area contributed by atoms with Gasteiger partial charge in [-0.15, -0.1) is 0 Å². The normalized spacial score (nSPS) is 11.7. The van der Waals surface area contributed by atoms with Gasteiger partial charge in [-0.3, -0.25) is 0 Å². The molecule has 0 aliphatic rings. The molecule has 0 rings (SSSR count). The SMILES string of the molecule is CCCCCCCCCCCCCCCCC(OCCCC)(OCCCC)C(=O)[O-].CCCCCCCCCCCCCCCCC(OCCCC)(OCCCC)C(=O)[O-].CCCCCCCCCCCCCCCCC(OCCCC)(OCCCC)C(=O)[O-].[Al+3]. The maximum absolute atomic E-state index is 11.8. The van der Waals surface area contributed by atoms with E-state index >= 15 is 0 Å². The van der Waals surface area contributed by atoms with Gasteiger partial charge in [-0.05, 0) is 57.8 Å². The van der Waals surface area contributed by atoms with E-state index in [4.69, 9.17) is 28.4 Å². The van der Waals surface area contributed by atoms with Crippen LogP contribution >= 0.6 is 0 Å². The maximum atomic E-state index is 11.8. The monoisotopic (exact) mass is 1310 g/mol. The van der Waals surface area contributed by atoms with Gasteiger partial charge in [0.05, 0.1) is 39.6 Å². The Hall–Kier alpha value is -1.30. The summed E-state index contributed by atoms with van der Waals surface area (Å²) < 4.78 is 34.2. The van der Waals surface area contributed by atoms with Gasteiger partial charge in [-0.2, -0.15) is 0 Å². The van der Waals surface area contributed by atoms with E-state index in [0.29, 0.717) is 58.9 Å². The van der Waals surface area contributed by atoms with Crippen LogP contribution < -0.4 is 15.3 Å². The van der Waals surface area contributed by atoms with E-state index in [1.165, 1.54) is 212 Å². The molecule has 0 N–H and O–H groups in total. The number of carbonyl (C=O) groups is 3. The Bertz CT molecular complexity index is 1250. The van der Waals surface area contributed by atoms with Crippen LogP contribution in [0, 0.1) is 0 Å². The average Bonchev–Trinajstić information content (AvgIpc) is 2.60. The number of rotatable bonds is 72. The molecule has 12 nitrogen and oxygen atoms in total. The topological polar surface area (TPSA) is 176 Å². The summed E-state index contributed by atoms with van der Waals surface area (Å²) in [7, 11) is 0. The molecule has 0 unspecified atom stereocenters. The van der Waals surface area contributed by atoms with Crippen molar-refractivity contribution in [1.82, 2.24) is 0 Å². The van der Waals surface area contributed by atoms with Gasteiger partial charge in [0.2, 0.25) is 17.4 Å². The smallest absolute Gasteiger partial charge is 0.544 e. The Labute approximate surface area is 575 Å². The molecule has 0 amide bonds. The van der Waals surface area contributed by atoms with Gasteiger partial charge in [-0.25, -0.2) is 0 Å². The Morgan fingerprint density at radius 2 is 0.308 bits per heavy atom. The molecule has 0 aromatic heterocycles. The number of carbonyl (C=O) groups excluding carboxylic acids is 3. The van der Waals surface area contributed by atoms with Crippen molar-refractivity contribution in [2.75, 3.05) is 39.6 Å². The van der Waals surface area contributed by atoms with Crippen molar-refractivity contribution in [3.05, 3.63) is 0 Å². The van der Waals surface area contributed by atoms with Crippen LogP contribution in [0.3, 0.4) is 0 Å². The van der Waals surface area contributed by atoms with Crippen molar-refractivity contribution in [3.63, 3.8) is 0 Å². The van der Waals surface area contributed by atoms with Crippen LogP contribution in [0.15, 0.2) is 0 Å². The third kappa shape index (κ3) is 62.0. The fourth-order valence-electron chi connectivity index (χ4n) is 11.2. The van der Waals surface area contributed by atoms with Crippen LogP contribution in [0.5, 0.6) is 0 Å². The Morgan fingerprint density at radius 1 is 0.198 bits per heavy atom. The first-order chi connectivity index (χ1) is 43.9. The van der Waals surface area contributed by atoms with Gasteiger partial charge < -0.3 is 58.1 Å². The second-order valence-electron chi connectivity index (χ2n) is 26.4. The van der Waals surface area contributed by atoms with Crippen molar-refractivity contribution >= 4 is 35.3 Å². The molecule has 0 atom stereocenters. The number of carboxylic acids is 3. The van der Waals surface area contributed by atoms with E-state index in [0.717, 1.165) is 135 Å². The zero-order chi connectivity index (χ0) is 67.0. The quantitative estimate of drug-likeness (QED) is 0.0320. The molecule has 91 heavy (non-hydrogen) atoms. The molecule has 13 heteroatoms. The summed E-state index contributed by atoms with van der Waals surface area (Å²) >= 11 is 0. The first kappa shape index (κ1) is 96.1. The van der Waals surface area contributed by atoms with Crippen LogP contribution in [0.25, 0.3) is 0 Å². The summed E-state index contributed by atoms with van der Waals surface area (Å²) in [5, 5.41) is 35.4. The molecular weight excluding hydrogens is 1160 g/mol. The van der Waals surface area contributed by atoms with E-state index in [2.05, 4.69) is 62.3 Å². The molecule has 0 fully saturated rings. The summed E-state index contributed by atoms with van der Waals surface area (Å²) in [6.45, 7) is 21.7. The third-order valence-electron chi connectivity index (χ3n) is 17.5. The molecule has 0 aromatic rings. The van der Waals surface area contributed by atoms with Gasteiger partial charge in [-0.1, -0.05) is 351 Å². The van der Waals surface area contributed by atoms with E-state index < -0.39 is 35.3 Å². The molecule has 0 saturated heterocycles. The fraction of sp³-hybridized carbons (Fsp3) is 0.962. The Morgan fingerprint density at radius 3 is 0.418 bits per heavy atom. The molecule has 540 valence electrons.